The zero-order valence-corrected chi connectivity index (χ0v) is 11.5. The van der Waals surface area contributed by atoms with Gasteiger partial charge in [-0.1, -0.05) is 13.8 Å². The van der Waals surface area contributed by atoms with Crippen molar-refractivity contribution in [2.24, 2.45) is 11.8 Å². The van der Waals surface area contributed by atoms with Gasteiger partial charge in [0.25, 0.3) is 0 Å². The summed E-state index contributed by atoms with van der Waals surface area (Å²) < 4.78 is 5.00. The molecule has 0 heterocycles. The van der Waals surface area contributed by atoms with Crippen LogP contribution in [0, 0.1) is 11.8 Å². The number of carbonyl (C=O) groups excluding carboxylic acids is 1. The molecule has 1 saturated carbocycles. The molecule has 0 bridgehead atoms. The Morgan fingerprint density at radius 1 is 1.24 bits per heavy atom. The average Bonchev–Trinajstić information content (AvgIpc) is 2.28. The number of hydrogen-bond donors (Lipinski definition) is 1. The Hall–Kier alpha value is -0.570. The monoisotopic (exact) mass is 241 g/mol. The van der Waals surface area contributed by atoms with E-state index in [9.17, 15) is 4.79 Å². The van der Waals surface area contributed by atoms with Gasteiger partial charge in [0.2, 0.25) is 0 Å². The van der Waals surface area contributed by atoms with Crippen LogP contribution in [0.3, 0.4) is 0 Å². The van der Waals surface area contributed by atoms with Crippen molar-refractivity contribution in [2.75, 3.05) is 13.2 Å². The van der Waals surface area contributed by atoms with Crippen LogP contribution in [-0.4, -0.2) is 25.2 Å². The van der Waals surface area contributed by atoms with Crippen molar-refractivity contribution < 1.29 is 9.53 Å². The molecular formula is C14H27NO2. The summed E-state index contributed by atoms with van der Waals surface area (Å²) in [5.74, 6) is 1.34. The van der Waals surface area contributed by atoms with Crippen LogP contribution in [-0.2, 0) is 9.53 Å². The number of hydrogen-bond acceptors (Lipinski definition) is 3. The minimum atomic E-state index is -0.0174. The molecule has 0 amide bonds. The molecule has 3 heteroatoms. The SMILES string of the molecule is CCOC(=O)C[C@H]1CC[C@H](CNC(C)C)CC1. The molecule has 0 radical (unpaired) electrons. The molecule has 1 fully saturated rings. The summed E-state index contributed by atoms with van der Waals surface area (Å²) in [6, 6.07) is 0.576. The van der Waals surface area contributed by atoms with Gasteiger partial charge in [-0.05, 0) is 51.0 Å². The normalized spacial score (nSPS) is 24.9. The third-order valence-electron chi connectivity index (χ3n) is 3.54. The Kier molecular flexibility index (Phi) is 6.56. The van der Waals surface area contributed by atoms with Crippen LogP contribution in [0.4, 0.5) is 0 Å². The van der Waals surface area contributed by atoms with E-state index in [2.05, 4.69) is 19.2 Å². The molecule has 0 spiro atoms. The lowest BCUT2D eigenvalue weighted by atomic mass is 9.80. The standard InChI is InChI=1S/C14H27NO2/c1-4-17-14(16)9-12-5-7-13(8-6-12)10-15-11(2)3/h11-13,15H,4-10H2,1-3H3/t12-,13-. The Balaban J connectivity index is 2.15. The van der Waals surface area contributed by atoms with Gasteiger partial charge < -0.3 is 10.1 Å². The van der Waals surface area contributed by atoms with Gasteiger partial charge in [-0.2, -0.15) is 0 Å². The molecule has 0 unspecified atom stereocenters. The van der Waals surface area contributed by atoms with Gasteiger partial charge in [0, 0.05) is 12.5 Å². The van der Waals surface area contributed by atoms with Gasteiger partial charge in [-0.15, -0.1) is 0 Å². The third kappa shape index (κ3) is 6.06. The Morgan fingerprint density at radius 2 is 1.82 bits per heavy atom. The fourth-order valence-corrected chi connectivity index (χ4v) is 2.50. The Labute approximate surface area is 105 Å². The Morgan fingerprint density at radius 3 is 2.35 bits per heavy atom. The second-order valence-electron chi connectivity index (χ2n) is 5.46. The van der Waals surface area contributed by atoms with Gasteiger partial charge >= 0.3 is 5.97 Å². The fourth-order valence-electron chi connectivity index (χ4n) is 2.50. The number of nitrogens with one attached hydrogen (secondary N) is 1. The summed E-state index contributed by atoms with van der Waals surface area (Å²) in [6.45, 7) is 7.88. The highest BCUT2D eigenvalue weighted by Gasteiger charge is 2.23. The van der Waals surface area contributed by atoms with Crippen LogP contribution >= 0.6 is 0 Å². The van der Waals surface area contributed by atoms with Crippen molar-refractivity contribution >= 4 is 5.97 Å². The molecule has 1 aliphatic rings. The minimum Gasteiger partial charge on any atom is -0.466 e. The van der Waals surface area contributed by atoms with E-state index in [0.717, 1.165) is 12.5 Å². The van der Waals surface area contributed by atoms with Crippen LogP contribution < -0.4 is 5.32 Å². The van der Waals surface area contributed by atoms with E-state index in [1.165, 1.54) is 25.7 Å². The van der Waals surface area contributed by atoms with Crippen LogP contribution in [0.25, 0.3) is 0 Å². The first-order valence-electron chi connectivity index (χ1n) is 7.00. The van der Waals surface area contributed by atoms with Crippen molar-refractivity contribution in [1.29, 1.82) is 0 Å². The maximum Gasteiger partial charge on any atom is 0.306 e. The summed E-state index contributed by atoms with van der Waals surface area (Å²) in [5.41, 5.74) is 0. The molecule has 1 aliphatic carbocycles. The van der Waals surface area contributed by atoms with Crippen molar-refractivity contribution in [3.05, 3.63) is 0 Å². The molecule has 100 valence electrons. The van der Waals surface area contributed by atoms with E-state index in [0.29, 0.717) is 25.0 Å². The molecule has 0 aromatic carbocycles. The largest absolute Gasteiger partial charge is 0.466 e. The van der Waals surface area contributed by atoms with Crippen molar-refractivity contribution in [1.82, 2.24) is 5.32 Å². The highest BCUT2D eigenvalue weighted by atomic mass is 16.5. The van der Waals surface area contributed by atoms with Gasteiger partial charge in [0.15, 0.2) is 0 Å². The molecule has 0 aromatic heterocycles. The molecule has 3 nitrogen and oxygen atoms in total. The maximum atomic E-state index is 11.4. The second-order valence-corrected chi connectivity index (χ2v) is 5.46. The Bertz CT molecular complexity index is 220. The predicted octanol–water partition coefficient (Wildman–Crippen LogP) is 2.74. The molecule has 0 aliphatic heterocycles. The van der Waals surface area contributed by atoms with E-state index in [4.69, 9.17) is 4.74 Å². The molecule has 17 heavy (non-hydrogen) atoms. The summed E-state index contributed by atoms with van der Waals surface area (Å²) in [7, 11) is 0. The van der Waals surface area contributed by atoms with E-state index >= 15 is 0 Å². The zero-order chi connectivity index (χ0) is 12.7. The van der Waals surface area contributed by atoms with E-state index < -0.39 is 0 Å². The van der Waals surface area contributed by atoms with E-state index in [-0.39, 0.29) is 5.97 Å². The van der Waals surface area contributed by atoms with Crippen molar-refractivity contribution in [3.8, 4) is 0 Å². The topological polar surface area (TPSA) is 38.3 Å². The quantitative estimate of drug-likeness (QED) is 0.727. The number of carbonyl (C=O) groups is 1. The molecule has 0 aromatic rings. The lowest BCUT2D eigenvalue weighted by molar-refractivity contribution is -0.144. The molecule has 1 rings (SSSR count). The van der Waals surface area contributed by atoms with Gasteiger partial charge in [-0.25, -0.2) is 0 Å². The van der Waals surface area contributed by atoms with E-state index in [1.54, 1.807) is 0 Å². The maximum absolute atomic E-state index is 11.4. The molecule has 0 atom stereocenters. The smallest absolute Gasteiger partial charge is 0.306 e. The second kappa shape index (κ2) is 7.70. The minimum absolute atomic E-state index is 0.0174. The van der Waals surface area contributed by atoms with Crippen LogP contribution in [0.2, 0.25) is 0 Å². The van der Waals surface area contributed by atoms with Crippen molar-refractivity contribution in [3.63, 3.8) is 0 Å². The first kappa shape index (κ1) is 14.5. The van der Waals surface area contributed by atoms with Crippen LogP contribution in [0.15, 0.2) is 0 Å². The number of esters is 1. The third-order valence-corrected chi connectivity index (χ3v) is 3.54. The number of rotatable bonds is 6. The lowest BCUT2D eigenvalue weighted by Crippen LogP contribution is -2.31. The summed E-state index contributed by atoms with van der Waals surface area (Å²) >= 11 is 0. The molecular weight excluding hydrogens is 214 g/mol. The van der Waals surface area contributed by atoms with Crippen molar-refractivity contribution in [2.45, 2.75) is 58.9 Å². The highest BCUT2D eigenvalue weighted by molar-refractivity contribution is 5.69. The molecule has 1 N–H and O–H groups in total. The average molecular weight is 241 g/mol. The summed E-state index contributed by atoms with van der Waals surface area (Å²) in [5, 5.41) is 3.50. The van der Waals surface area contributed by atoms with Crippen LogP contribution in [0.1, 0.15) is 52.9 Å². The number of ether oxygens (including phenoxy) is 1. The highest BCUT2D eigenvalue weighted by Crippen LogP contribution is 2.30. The predicted molar refractivity (Wildman–Crippen MR) is 69.8 cm³/mol. The fraction of sp³-hybridized carbons (Fsp3) is 0.929. The first-order chi connectivity index (χ1) is 8.11. The van der Waals surface area contributed by atoms with Crippen LogP contribution in [0.5, 0.6) is 0 Å². The first-order valence-corrected chi connectivity index (χ1v) is 7.00. The lowest BCUT2D eigenvalue weighted by Gasteiger charge is -2.28. The van der Waals surface area contributed by atoms with E-state index in [1.807, 2.05) is 6.92 Å². The molecule has 0 saturated heterocycles. The van der Waals surface area contributed by atoms with Gasteiger partial charge in [0.1, 0.15) is 0 Å². The summed E-state index contributed by atoms with van der Waals surface area (Å²) in [4.78, 5) is 11.4. The zero-order valence-electron chi connectivity index (χ0n) is 11.5. The van der Waals surface area contributed by atoms with Gasteiger partial charge in [-0.3, -0.25) is 4.79 Å². The summed E-state index contributed by atoms with van der Waals surface area (Å²) in [6.07, 6.45) is 5.50. The van der Waals surface area contributed by atoms with Gasteiger partial charge in [0.05, 0.1) is 6.61 Å².